The van der Waals surface area contributed by atoms with E-state index in [9.17, 15) is 0 Å². The molecule has 0 unspecified atom stereocenters. The molecule has 0 fully saturated rings. The molecule has 19 heavy (non-hydrogen) atoms. The van der Waals surface area contributed by atoms with E-state index in [0.29, 0.717) is 18.4 Å². The van der Waals surface area contributed by atoms with Crippen molar-refractivity contribution >= 4 is 11.6 Å². The second-order valence-electron chi connectivity index (χ2n) is 5.38. The molecule has 0 aliphatic heterocycles. The molecule has 0 saturated carbocycles. The zero-order chi connectivity index (χ0) is 14.3. The third-order valence-electron chi connectivity index (χ3n) is 2.89. The lowest BCUT2D eigenvalue weighted by atomic mass is 10.1. The molecule has 0 radical (unpaired) electrons. The molecule has 0 spiro atoms. The summed E-state index contributed by atoms with van der Waals surface area (Å²) in [7, 11) is 4.06. The van der Waals surface area contributed by atoms with Crippen LogP contribution in [0.3, 0.4) is 0 Å². The molecule has 1 rings (SSSR count). The number of hydrogen-bond acceptors (Lipinski definition) is 2. The summed E-state index contributed by atoms with van der Waals surface area (Å²) < 4.78 is 0. The Balaban J connectivity index is 2.48. The van der Waals surface area contributed by atoms with Gasteiger partial charge in [-0.3, -0.25) is 0 Å². The van der Waals surface area contributed by atoms with E-state index in [1.807, 2.05) is 20.2 Å². The Labute approximate surface area is 116 Å². The number of aliphatic imine (C=N–C) groups is 1. The molecule has 0 bridgehead atoms. The predicted octanol–water partition coefficient (Wildman–Crippen LogP) is 2.20. The second kappa shape index (κ2) is 7.67. The van der Waals surface area contributed by atoms with Crippen LogP contribution in [0.4, 0.5) is 5.69 Å². The molecule has 0 aromatic heterocycles. The van der Waals surface area contributed by atoms with Gasteiger partial charge in [-0.2, -0.15) is 0 Å². The van der Waals surface area contributed by atoms with Crippen molar-refractivity contribution in [1.29, 1.82) is 0 Å². The van der Waals surface area contributed by atoms with Gasteiger partial charge in [-0.15, -0.1) is 0 Å². The van der Waals surface area contributed by atoms with E-state index in [0.717, 1.165) is 13.0 Å². The van der Waals surface area contributed by atoms with Crippen LogP contribution in [0, 0.1) is 5.92 Å². The summed E-state index contributed by atoms with van der Waals surface area (Å²) in [6.45, 7) is 5.89. The number of anilines is 1. The first kappa shape index (κ1) is 15.3. The molecule has 1 aromatic rings. The van der Waals surface area contributed by atoms with Gasteiger partial charge in [0.15, 0.2) is 5.96 Å². The summed E-state index contributed by atoms with van der Waals surface area (Å²) in [5, 5.41) is 3.14. The van der Waals surface area contributed by atoms with E-state index in [1.54, 1.807) is 0 Å². The van der Waals surface area contributed by atoms with Crippen LogP contribution >= 0.6 is 0 Å². The highest BCUT2D eigenvalue weighted by Crippen LogP contribution is 2.13. The lowest BCUT2D eigenvalue weighted by Gasteiger charge is -2.13. The van der Waals surface area contributed by atoms with Crippen molar-refractivity contribution in [2.24, 2.45) is 16.6 Å². The molecule has 1 aromatic carbocycles. The van der Waals surface area contributed by atoms with Crippen LogP contribution in [0.25, 0.3) is 0 Å². The first-order chi connectivity index (χ1) is 8.99. The molecule has 0 atom stereocenters. The Kier molecular flexibility index (Phi) is 6.19. The number of nitrogens with zero attached hydrogens (tertiary/aromatic N) is 2. The third kappa shape index (κ3) is 6.13. The maximum Gasteiger partial charge on any atom is 0.188 e. The standard InChI is InChI=1S/C15H26N4/c1-12(2)8-9-17-15(16)18-11-13-6-5-7-14(10-13)19(3)4/h5-7,10,12H,8-9,11H2,1-4H3,(H3,16,17,18). The SMILES string of the molecule is CC(C)CCNC(N)=NCc1cccc(N(C)C)c1. The molecular formula is C15H26N4. The summed E-state index contributed by atoms with van der Waals surface area (Å²) in [5.41, 5.74) is 8.18. The quantitative estimate of drug-likeness (QED) is 0.610. The Bertz CT molecular complexity index is 410. The lowest BCUT2D eigenvalue weighted by molar-refractivity contribution is 0.576. The van der Waals surface area contributed by atoms with E-state index in [2.05, 4.69) is 47.3 Å². The number of hydrogen-bond donors (Lipinski definition) is 2. The average Bonchev–Trinajstić information content (AvgIpc) is 2.36. The number of nitrogens with two attached hydrogens (primary N) is 1. The molecular weight excluding hydrogens is 236 g/mol. The van der Waals surface area contributed by atoms with Gasteiger partial charge < -0.3 is 16.0 Å². The van der Waals surface area contributed by atoms with E-state index in [4.69, 9.17) is 5.73 Å². The van der Waals surface area contributed by atoms with E-state index in [-0.39, 0.29) is 0 Å². The predicted molar refractivity (Wildman–Crippen MR) is 83.6 cm³/mol. The van der Waals surface area contributed by atoms with Gasteiger partial charge in [0, 0.05) is 26.3 Å². The van der Waals surface area contributed by atoms with Gasteiger partial charge in [0.25, 0.3) is 0 Å². The highest BCUT2D eigenvalue weighted by Gasteiger charge is 1.98. The molecule has 0 aliphatic carbocycles. The van der Waals surface area contributed by atoms with Crippen molar-refractivity contribution in [3.8, 4) is 0 Å². The van der Waals surface area contributed by atoms with Crippen LogP contribution in [0.2, 0.25) is 0 Å². The Hall–Kier alpha value is -1.71. The van der Waals surface area contributed by atoms with Crippen molar-refractivity contribution in [2.75, 3.05) is 25.5 Å². The zero-order valence-electron chi connectivity index (χ0n) is 12.5. The molecule has 0 saturated heterocycles. The van der Waals surface area contributed by atoms with E-state index in [1.165, 1.54) is 11.3 Å². The molecule has 0 aliphatic rings. The van der Waals surface area contributed by atoms with Gasteiger partial charge in [-0.1, -0.05) is 26.0 Å². The fourth-order valence-electron chi connectivity index (χ4n) is 1.65. The normalized spacial score (nSPS) is 11.7. The second-order valence-corrected chi connectivity index (χ2v) is 5.38. The van der Waals surface area contributed by atoms with E-state index < -0.39 is 0 Å². The minimum atomic E-state index is 0.524. The third-order valence-corrected chi connectivity index (χ3v) is 2.89. The molecule has 0 amide bonds. The average molecular weight is 262 g/mol. The smallest absolute Gasteiger partial charge is 0.188 e. The number of nitrogens with one attached hydrogen (secondary N) is 1. The lowest BCUT2D eigenvalue weighted by Crippen LogP contribution is -2.32. The fourth-order valence-corrected chi connectivity index (χ4v) is 1.65. The first-order valence-electron chi connectivity index (χ1n) is 6.79. The van der Waals surface area contributed by atoms with Crippen molar-refractivity contribution in [3.63, 3.8) is 0 Å². The van der Waals surface area contributed by atoms with E-state index >= 15 is 0 Å². The number of rotatable bonds is 6. The summed E-state index contributed by atoms with van der Waals surface area (Å²) in [4.78, 5) is 6.44. The Morgan fingerprint density at radius 1 is 1.37 bits per heavy atom. The first-order valence-corrected chi connectivity index (χ1v) is 6.79. The molecule has 4 heteroatoms. The topological polar surface area (TPSA) is 53.6 Å². The maximum atomic E-state index is 5.83. The van der Waals surface area contributed by atoms with Crippen LogP contribution in [0.1, 0.15) is 25.8 Å². The maximum absolute atomic E-state index is 5.83. The molecule has 3 N–H and O–H groups in total. The Morgan fingerprint density at radius 3 is 2.74 bits per heavy atom. The van der Waals surface area contributed by atoms with Crippen LogP contribution in [-0.2, 0) is 6.54 Å². The zero-order valence-corrected chi connectivity index (χ0v) is 12.5. The van der Waals surface area contributed by atoms with Crippen molar-refractivity contribution < 1.29 is 0 Å². The van der Waals surface area contributed by atoms with Gasteiger partial charge >= 0.3 is 0 Å². The van der Waals surface area contributed by atoms with Gasteiger partial charge in [-0.05, 0) is 30.0 Å². The van der Waals surface area contributed by atoms with Gasteiger partial charge in [-0.25, -0.2) is 4.99 Å². The number of benzene rings is 1. The summed E-state index contributed by atoms with van der Waals surface area (Å²) >= 11 is 0. The van der Waals surface area contributed by atoms with Crippen molar-refractivity contribution in [2.45, 2.75) is 26.8 Å². The summed E-state index contributed by atoms with van der Waals surface area (Å²) in [6, 6.07) is 8.32. The highest BCUT2D eigenvalue weighted by molar-refractivity contribution is 5.77. The molecule has 0 heterocycles. The van der Waals surface area contributed by atoms with Crippen molar-refractivity contribution in [3.05, 3.63) is 29.8 Å². The summed E-state index contributed by atoms with van der Waals surface area (Å²) in [6.07, 6.45) is 1.10. The highest BCUT2D eigenvalue weighted by atomic mass is 15.1. The number of guanidine groups is 1. The minimum absolute atomic E-state index is 0.524. The minimum Gasteiger partial charge on any atom is -0.378 e. The molecule has 4 nitrogen and oxygen atoms in total. The van der Waals surface area contributed by atoms with Crippen LogP contribution in [0.5, 0.6) is 0 Å². The van der Waals surface area contributed by atoms with Crippen LogP contribution < -0.4 is 16.0 Å². The van der Waals surface area contributed by atoms with Gasteiger partial charge in [0.1, 0.15) is 0 Å². The van der Waals surface area contributed by atoms with Crippen LogP contribution in [0.15, 0.2) is 29.3 Å². The van der Waals surface area contributed by atoms with Gasteiger partial charge in [0.2, 0.25) is 0 Å². The van der Waals surface area contributed by atoms with Gasteiger partial charge in [0.05, 0.1) is 6.54 Å². The largest absolute Gasteiger partial charge is 0.378 e. The fraction of sp³-hybridized carbons (Fsp3) is 0.533. The monoisotopic (exact) mass is 262 g/mol. The van der Waals surface area contributed by atoms with Crippen LogP contribution in [-0.4, -0.2) is 26.6 Å². The Morgan fingerprint density at radius 2 is 2.11 bits per heavy atom. The molecule has 106 valence electrons. The van der Waals surface area contributed by atoms with Crippen molar-refractivity contribution in [1.82, 2.24) is 5.32 Å². The summed E-state index contributed by atoms with van der Waals surface area (Å²) in [5.74, 6) is 1.20.